The zero-order valence-electron chi connectivity index (χ0n) is 6.59. The molecule has 0 aliphatic carbocycles. The molecule has 2 unspecified atom stereocenters. The van der Waals surface area contributed by atoms with Gasteiger partial charge in [0.1, 0.15) is 0 Å². The van der Waals surface area contributed by atoms with Crippen LogP contribution in [0.3, 0.4) is 0 Å². The molecule has 9 heavy (non-hydrogen) atoms. The lowest BCUT2D eigenvalue weighted by Gasteiger charge is -2.12. The van der Waals surface area contributed by atoms with E-state index in [-0.39, 0.29) is 0 Å². The highest BCUT2D eigenvalue weighted by Gasteiger charge is 2.04. The summed E-state index contributed by atoms with van der Waals surface area (Å²) < 4.78 is 0. The molecule has 0 saturated carbocycles. The molecule has 0 spiro atoms. The first-order valence-electron chi connectivity index (χ1n) is 3.60. The van der Waals surface area contributed by atoms with Crippen LogP contribution in [0.4, 0.5) is 0 Å². The smallest absolute Gasteiger partial charge is 0.0100 e. The van der Waals surface area contributed by atoms with Crippen molar-refractivity contribution in [1.29, 1.82) is 0 Å². The zero-order valence-corrected chi connectivity index (χ0v) is 6.59. The highest BCUT2D eigenvalue weighted by Crippen LogP contribution is 2.14. The third-order valence-electron chi connectivity index (χ3n) is 1.96. The molecule has 54 valence electrons. The molecule has 0 rings (SSSR count). The van der Waals surface area contributed by atoms with E-state index in [9.17, 15) is 0 Å². The van der Waals surface area contributed by atoms with Crippen LogP contribution >= 0.6 is 0 Å². The van der Waals surface area contributed by atoms with Gasteiger partial charge in [0.05, 0.1) is 0 Å². The number of rotatable bonds is 3. The van der Waals surface area contributed by atoms with Crippen LogP contribution in [0.15, 0.2) is 12.3 Å². The first-order chi connectivity index (χ1) is 4.22. The van der Waals surface area contributed by atoms with E-state index in [2.05, 4.69) is 20.8 Å². The van der Waals surface area contributed by atoms with Crippen LogP contribution in [0, 0.1) is 11.8 Å². The van der Waals surface area contributed by atoms with E-state index < -0.39 is 0 Å². The fourth-order valence-corrected chi connectivity index (χ4v) is 0.737. The molecular formula is C8H17N. The summed E-state index contributed by atoms with van der Waals surface area (Å²) in [6.45, 7) is 6.63. The van der Waals surface area contributed by atoms with Gasteiger partial charge in [-0.1, -0.05) is 33.3 Å². The Balaban J connectivity index is 3.58. The molecule has 2 atom stereocenters. The van der Waals surface area contributed by atoms with Crippen molar-refractivity contribution in [3.63, 3.8) is 0 Å². The summed E-state index contributed by atoms with van der Waals surface area (Å²) in [5, 5.41) is 0. The lowest BCUT2D eigenvalue weighted by Crippen LogP contribution is -2.03. The second kappa shape index (κ2) is 4.42. The molecule has 0 radical (unpaired) electrons. The molecule has 0 aromatic heterocycles. The van der Waals surface area contributed by atoms with Crippen LogP contribution in [0.1, 0.15) is 27.2 Å². The highest BCUT2D eigenvalue weighted by atomic mass is 14.5. The fraction of sp³-hybridized carbons (Fsp3) is 0.750. The maximum atomic E-state index is 5.24. The molecule has 0 aliphatic rings. The predicted octanol–water partition coefficient (Wildman–Crippen LogP) is 2.14. The summed E-state index contributed by atoms with van der Waals surface area (Å²) >= 11 is 0. The van der Waals surface area contributed by atoms with Crippen molar-refractivity contribution < 1.29 is 0 Å². The molecule has 0 bridgehead atoms. The van der Waals surface area contributed by atoms with Crippen molar-refractivity contribution in [3.8, 4) is 0 Å². The molecule has 0 aromatic carbocycles. The van der Waals surface area contributed by atoms with Gasteiger partial charge in [0.25, 0.3) is 0 Å². The summed E-state index contributed by atoms with van der Waals surface area (Å²) in [6, 6.07) is 0. The summed E-state index contributed by atoms with van der Waals surface area (Å²) in [5.41, 5.74) is 5.24. The Morgan fingerprint density at radius 2 is 2.00 bits per heavy atom. The van der Waals surface area contributed by atoms with Crippen molar-refractivity contribution >= 4 is 0 Å². The van der Waals surface area contributed by atoms with Gasteiger partial charge in [-0.25, -0.2) is 0 Å². The molecule has 0 amide bonds. The topological polar surface area (TPSA) is 26.0 Å². The van der Waals surface area contributed by atoms with E-state index in [4.69, 9.17) is 5.73 Å². The third kappa shape index (κ3) is 3.17. The number of hydrogen-bond donors (Lipinski definition) is 1. The van der Waals surface area contributed by atoms with Crippen LogP contribution in [0.5, 0.6) is 0 Å². The van der Waals surface area contributed by atoms with Crippen LogP contribution in [0.25, 0.3) is 0 Å². The van der Waals surface area contributed by atoms with Crippen molar-refractivity contribution in [2.75, 3.05) is 0 Å². The normalized spacial score (nSPS) is 18.1. The Labute approximate surface area is 57.9 Å². The average Bonchev–Trinajstić information content (AvgIpc) is 1.87. The lowest BCUT2D eigenvalue weighted by molar-refractivity contribution is 0.446. The minimum Gasteiger partial charge on any atom is -0.405 e. The zero-order chi connectivity index (χ0) is 7.28. The van der Waals surface area contributed by atoms with Crippen LogP contribution < -0.4 is 5.73 Å². The molecule has 0 aromatic rings. The molecular weight excluding hydrogens is 110 g/mol. The summed E-state index contributed by atoms with van der Waals surface area (Å²) in [6.07, 6.45) is 4.91. The standard InChI is InChI=1S/C8H17N/c1-4-7(2)8(3)5-6-9/h5-8H,4,9H2,1-3H3/b6-5-. The van der Waals surface area contributed by atoms with Crippen molar-refractivity contribution in [1.82, 2.24) is 0 Å². The first kappa shape index (κ1) is 8.54. The highest BCUT2D eigenvalue weighted by molar-refractivity contribution is 4.84. The van der Waals surface area contributed by atoms with Gasteiger partial charge in [-0.2, -0.15) is 0 Å². The van der Waals surface area contributed by atoms with E-state index in [1.54, 1.807) is 6.20 Å². The average molecular weight is 127 g/mol. The van der Waals surface area contributed by atoms with E-state index in [1.165, 1.54) is 6.42 Å². The van der Waals surface area contributed by atoms with E-state index >= 15 is 0 Å². The molecule has 1 heteroatoms. The maximum Gasteiger partial charge on any atom is -0.0100 e. The fourth-order valence-electron chi connectivity index (χ4n) is 0.737. The van der Waals surface area contributed by atoms with Crippen LogP contribution in [-0.4, -0.2) is 0 Å². The number of hydrogen-bond acceptors (Lipinski definition) is 1. The monoisotopic (exact) mass is 127 g/mol. The van der Waals surface area contributed by atoms with E-state index in [1.807, 2.05) is 6.08 Å². The molecule has 2 N–H and O–H groups in total. The Bertz CT molecular complexity index is 86.6. The lowest BCUT2D eigenvalue weighted by atomic mass is 9.94. The Morgan fingerprint density at radius 3 is 2.33 bits per heavy atom. The van der Waals surface area contributed by atoms with Gasteiger partial charge < -0.3 is 5.73 Å². The Kier molecular flexibility index (Phi) is 4.20. The minimum atomic E-state index is 0.625. The van der Waals surface area contributed by atoms with E-state index in [0.29, 0.717) is 5.92 Å². The quantitative estimate of drug-likeness (QED) is 0.617. The van der Waals surface area contributed by atoms with Crippen molar-refractivity contribution in [2.45, 2.75) is 27.2 Å². The molecule has 0 fully saturated rings. The first-order valence-corrected chi connectivity index (χ1v) is 3.60. The molecule has 0 saturated heterocycles. The van der Waals surface area contributed by atoms with Gasteiger partial charge in [-0.15, -0.1) is 0 Å². The van der Waals surface area contributed by atoms with Gasteiger partial charge in [-0.05, 0) is 18.0 Å². The van der Waals surface area contributed by atoms with Gasteiger partial charge in [0.15, 0.2) is 0 Å². The SMILES string of the molecule is CCC(C)C(C)/C=C\N. The van der Waals surface area contributed by atoms with Crippen LogP contribution in [0.2, 0.25) is 0 Å². The Morgan fingerprint density at radius 1 is 1.44 bits per heavy atom. The summed E-state index contributed by atoms with van der Waals surface area (Å²) in [4.78, 5) is 0. The number of allylic oxidation sites excluding steroid dienone is 1. The third-order valence-corrected chi connectivity index (χ3v) is 1.96. The van der Waals surface area contributed by atoms with Crippen LogP contribution in [-0.2, 0) is 0 Å². The number of nitrogens with two attached hydrogens (primary N) is 1. The summed E-state index contributed by atoms with van der Waals surface area (Å²) in [7, 11) is 0. The summed E-state index contributed by atoms with van der Waals surface area (Å²) in [5.74, 6) is 1.38. The van der Waals surface area contributed by atoms with Crippen molar-refractivity contribution in [2.24, 2.45) is 17.6 Å². The van der Waals surface area contributed by atoms with Gasteiger partial charge in [-0.3, -0.25) is 0 Å². The largest absolute Gasteiger partial charge is 0.405 e. The van der Waals surface area contributed by atoms with Gasteiger partial charge in [0, 0.05) is 0 Å². The Hall–Kier alpha value is -0.460. The predicted molar refractivity (Wildman–Crippen MR) is 41.9 cm³/mol. The van der Waals surface area contributed by atoms with Crippen molar-refractivity contribution in [3.05, 3.63) is 12.3 Å². The second-order valence-corrected chi connectivity index (χ2v) is 2.63. The second-order valence-electron chi connectivity index (χ2n) is 2.63. The molecule has 0 aliphatic heterocycles. The minimum absolute atomic E-state index is 0.625. The maximum absolute atomic E-state index is 5.24. The van der Waals surface area contributed by atoms with Gasteiger partial charge >= 0.3 is 0 Å². The van der Waals surface area contributed by atoms with Gasteiger partial charge in [0.2, 0.25) is 0 Å². The van der Waals surface area contributed by atoms with E-state index in [0.717, 1.165) is 5.92 Å². The molecule has 0 heterocycles. The molecule has 1 nitrogen and oxygen atoms in total.